The third-order valence-electron chi connectivity index (χ3n) is 6.07. The summed E-state index contributed by atoms with van der Waals surface area (Å²) in [6.07, 6.45) is 3.18. The molecule has 2 aliphatic heterocycles. The molecule has 2 N–H and O–H groups in total. The molecule has 4 rings (SSSR count). The van der Waals surface area contributed by atoms with Gasteiger partial charge >= 0.3 is 0 Å². The lowest BCUT2D eigenvalue weighted by atomic mass is 9.91. The van der Waals surface area contributed by atoms with Crippen LogP contribution in [0.5, 0.6) is 5.75 Å². The fourth-order valence-corrected chi connectivity index (χ4v) is 4.39. The van der Waals surface area contributed by atoms with Gasteiger partial charge in [0.1, 0.15) is 18.2 Å². The Balaban J connectivity index is 1.39. The maximum atomic E-state index is 13.2. The first-order chi connectivity index (χ1) is 16.0. The monoisotopic (exact) mass is 455 g/mol. The van der Waals surface area contributed by atoms with Crippen LogP contribution in [-0.4, -0.2) is 61.7 Å². The fourth-order valence-electron chi connectivity index (χ4n) is 4.39. The van der Waals surface area contributed by atoms with Gasteiger partial charge in [0.15, 0.2) is 5.60 Å². The number of ether oxygens (including phenoxy) is 2. The Morgan fingerprint density at radius 1 is 1.12 bits per heavy atom. The van der Waals surface area contributed by atoms with Crippen molar-refractivity contribution < 1.29 is 23.5 Å². The number of rotatable bonds is 3. The van der Waals surface area contributed by atoms with Gasteiger partial charge in [-0.3, -0.25) is 14.5 Å². The summed E-state index contributed by atoms with van der Waals surface area (Å²) in [5.74, 6) is 0.139. The van der Waals surface area contributed by atoms with Gasteiger partial charge in [-0.25, -0.2) is 4.39 Å². The number of benzene rings is 2. The molecule has 2 aromatic carbocycles. The smallest absolute Gasteiger partial charge is 0.253 e. The molecule has 2 heterocycles. The Bertz CT molecular complexity index is 968. The van der Waals surface area contributed by atoms with Crippen LogP contribution in [0, 0.1) is 5.82 Å². The number of nitrogens with one attached hydrogen (secondary N) is 2. The molecule has 1 unspecified atom stereocenters. The Morgan fingerprint density at radius 3 is 2.79 bits per heavy atom. The van der Waals surface area contributed by atoms with Crippen LogP contribution in [0.2, 0.25) is 0 Å². The molecule has 176 valence electrons. The van der Waals surface area contributed by atoms with E-state index in [0.29, 0.717) is 45.0 Å². The topological polar surface area (TPSA) is 79.9 Å². The third-order valence-corrected chi connectivity index (χ3v) is 6.07. The minimum atomic E-state index is -0.993. The summed E-state index contributed by atoms with van der Waals surface area (Å²) in [4.78, 5) is 27.6. The molecular weight excluding hydrogens is 425 g/mol. The van der Waals surface area contributed by atoms with Crippen molar-refractivity contribution >= 4 is 17.5 Å². The van der Waals surface area contributed by atoms with Crippen LogP contribution in [0.25, 0.3) is 0 Å². The number of halogens is 1. The first-order valence-corrected chi connectivity index (χ1v) is 11.4. The summed E-state index contributed by atoms with van der Waals surface area (Å²) >= 11 is 0. The van der Waals surface area contributed by atoms with Crippen LogP contribution in [0.15, 0.2) is 48.5 Å². The van der Waals surface area contributed by atoms with Crippen molar-refractivity contribution in [3.05, 3.63) is 59.9 Å². The van der Waals surface area contributed by atoms with Crippen molar-refractivity contribution in [2.24, 2.45) is 0 Å². The highest BCUT2D eigenvalue weighted by molar-refractivity contribution is 5.92. The van der Waals surface area contributed by atoms with Crippen LogP contribution in [-0.2, 0) is 20.7 Å². The van der Waals surface area contributed by atoms with Crippen molar-refractivity contribution in [2.45, 2.75) is 31.3 Å². The van der Waals surface area contributed by atoms with Crippen molar-refractivity contribution in [3.63, 3.8) is 0 Å². The normalized spacial score (nSPS) is 22.3. The highest BCUT2D eigenvalue weighted by Gasteiger charge is 2.43. The molecule has 33 heavy (non-hydrogen) atoms. The van der Waals surface area contributed by atoms with Gasteiger partial charge in [-0.1, -0.05) is 18.2 Å². The number of carbonyl (C=O) groups excluding carboxylic acids is 2. The van der Waals surface area contributed by atoms with Crippen LogP contribution in [0.1, 0.15) is 24.8 Å². The second kappa shape index (κ2) is 10.8. The molecule has 1 fully saturated rings. The number of carbonyl (C=O) groups is 2. The summed E-state index contributed by atoms with van der Waals surface area (Å²) < 4.78 is 25.0. The largest absolute Gasteiger partial charge is 0.491 e. The summed E-state index contributed by atoms with van der Waals surface area (Å²) in [7, 11) is 0. The highest BCUT2D eigenvalue weighted by Crippen LogP contribution is 2.27. The van der Waals surface area contributed by atoms with Crippen LogP contribution in [0.3, 0.4) is 0 Å². The number of hydrogen-bond donors (Lipinski definition) is 2. The van der Waals surface area contributed by atoms with Gasteiger partial charge < -0.3 is 20.1 Å². The molecule has 0 aliphatic carbocycles. The first kappa shape index (κ1) is 23.2. The number of anilines is 1. The lowest BCUT2D eigenvalue weighted by Crippen LogP contribution is -2.61. The zero-order valence-electron chi connectivity index (χ0n) is 18.6. The zero-order valence-corrected chi connectivity index (χ0v) is 18.6. The molecule has 8 heteroatoms. The van der Waals surface area contributed by atoms with Crippen LogP contribution >= 0.6 is 0 Å². The van der Waals surface area contributed by atoms with E-state index in [4.69, 9.17) is 9.47 Å². The average molecular weight is 456 g/mol. The molecule has 1 atom stereocenters. The van der Waals surface area contributed by atoms with E-state index in [-0.39, 0.29) is 24.2 Å². The Labute approximate surface area is 193 Å². The van der Waals surface area contributed by atoms with Gasteiger partial charge in [0, 0.05) is 18.8 Å². The second-order valence-corrected chi connectivity index (χ2v) is 8.53. The second-order valence-electron chi connectivity index (χ2n) is 8.53. The number of hydrogen-bond acceptors (Lipinski definition) is 5. The van der Waals surface area contributed by atoms with E-state index in [0.717, 1.165) is 25.0 Å². The maximum Gasteiger partial charge on any atom is 0.253 e. The number of para-hydroxylation sites is 1. The lowest BCUT2D eigenvalue weighted by molar-refractivity contribution is -0.163. The Hall–Kier alpha value is -2.97. The molecule has 0 bridgehead atoms. The van der Waals surface area contributed by atoms with Gasteiger partial charge in [0.05, 0.1) is 19.7 Å². The van der Waals surface area contributed by atoms with Gasteiger partial charge in [0.25, 0.3) is 5.91 Å². The Kier molecular flexibility index (Phi) is 7.57. The van der Waals surface area contributed by atoms with Gasteiger partial charge in [0.2, 0.25) is 5.91 Å². The predicted molar refractivity (Wildman–Crippen MR) is 123 cm³/mol. The summed E-state index contributed by atoms with van der Waals surface area (Å²) in [5, 5.41) is 5.74. The molecular formula is C25H30FN3O4. The van der Waals surface area contributed by atoms with Crippen LogP contribution in [0.4, 0.5) is 10.1 Å². The van der Waals surface area contributed by atoms with E-state index in [2.05, 4.69) is 16.7 Å². The number of nitrogens with zero attached hydrogens (tertiary/aromatic N) is 1. The summed E-state index contributed by atoms with van der Waals surface area (Å²) in [6.45, 7) is 2.16. The number of aryl methyl sites for hydroxylation is 1. The van der Waals surface area contributed by atoms with Crippen molar-refractivity contribution in [1.29, 1.82) is 0 Å². The standard InChI is InChI=1S/C25H30FN3O4/c26-20-8-10-21(11-9-20)28-23(30)17-29-14-16-33-25(18-29)12-4-3-6-19-5-1-2-7-22(19)32-15-13-27-24(25)31/h1-2,5,7-11H,3-4,6,12-18H2,(H,27,31)(H,28,30). The van der Waals surface area contributed by atoms with E-state index in [1.165, 1.54) is 29.8 Å². The number of amides is 2. The van der Waals surface area contributed by atoms with Gasteiger partial charge in [-0.15, -0.1) is 0 Å². The van der Waals surface area contributed by atoms with Gasteiger partial charge in [-0.2, -0.15) is 0 Å². The SMILES string of the molecule is O=C(CN1CCOC2(CCCCc3ccccc3OCCNC2=O)C1)Nc1ccc(F)cc1. The van der Waals surface area contributed by atoms with E-state index in [9.17, 15) is 14.0 Å². The van der Waals surface area contributed by atoms with Crippen LogP contribution < -0.4 is 15.4 Å². The van der Waals surface area contributed by atoms with Crippen molar-refractivity contribution in [1.82, 2.24) is 10.2 Å². The summed E-state index contributed by atoms with van der Waals surface area (Å²) in [5.41, 5.74) is 0.711. The first-order valence-electron chi connectivity index (χ1n) is 11.4. The molecule has 2 aromatic rings. The number of fused-ring (bicyclic) bond motifs is 1. The van der Waals surface area contributed by atoms with E-state index < -0.39 is 5.60 Å². The van der Waals surface area contributed by atoms with E-state index in [1.54, 1.807) is 0 Å². The molecule has 0 saturated carbocycles. The molecule has 0 aromatic heterocycles. The van der Waals surface area contributed by atoms with Crippen molar-refractivity contribution in [2.75, 3.05) is 44.7 Å². The quantitative estimate of drug-likeness (QED) is 0.744. The minimum Gasteiger partial charge on any atom is -0.491 e. The predicted octanol–water partition coefficient (Wildman–Crippen LogP) is 2.76. The van der Waals surface area contributed by atoms with E-state index >= 15 is 0 Å². The van der Waals surface area contributed by atoms with E-state index in [1.807, 2.05) is 23.1 Å². The minimum absolute atomic E-state index is 0.131. The number of morpholine rings is 1. The maximum absolute atomic E-state index is 13.2. The average Bonchev–Trinajstić information content (AvgIpc) is 2.81. The lowest BCUT2D eigenvalue weighted by Gasteiger charge is -2.41. The fraction of sp³-hybridized carbons (Fsp3) is 0.440. The van der Waals surface area contributed by atoms with Crippen molar-refractivity contribution in [3.8, 4) is 5.75 Å². The third kappa shape index (κ3) is 6.09. The molecule has 1 spiro atoms. The van der Waals surface area contributed by atoms with Gasteiger partial charge in [-0.05, 0) is 61.6 Å². The zero-order chi connectivity index (χ0) is 23.1. The summed E-state index contributed by atoms with van der Waals surface area (Å²) in [6, 6.07) is 13.7. The molecule has 0 radical (unpaired) electrons. The molecule has 2 amide bonds. The Morgan fingerprint density at radius 2 is 1.94 bits per heavy atom. The highest BCUT2D eigenvalue weighted by atomic mass is 19.1. The molecule has 2 aliphatic rings. The molecule has 7 nitrogen and oxygen atoms in total. The molecule has 1 saturated heterocycles.